The van der Waals surface area contributed by atoms with Crippen molar-refractivity contribution in [2.45, 2.75) is 12.3 Å². The maximum absolute atomic E-state index is 13.3. The summed E-state index contributed by atoms with van der Waals surface area (Å²) in [5, 5.41) is 0. The van der Waals surface area contributed by atoms with E-state index < -0.39 is 0 Å². The summed E-state index contributed by atoms with van der Waals surface area (Å²) in [6, 6.07) is 16.6. The monoisotopic (exact) mass is 480 g/mol. The normalized spacial score (nSPS) is 20.4. The second-order valence-corrected chi connectivity index (χ2v) is 8.97. The number of Topliss-reactive ketones (excluding diaryl/α,β-unsaturated/α-hetero) is 1. The Morgan fingerprint density at radius 3 is 2.56 bits per heavy atom. The molecule has 0 bridgehead atoms. The third kappa shape index (κ3) is 3.35. The average Bonchev–Trinajstić information content (AvgIpc) is 3.22. The minimum atomic E-state index is -0.330. The van der Waals surface area contributed by atoms with E-state index in [-0.39, 0.29) is 29.9 Å². The van der Waals surface area contributed by atoms with Crippen molar-refractivity contribution in [1.82, 2.24) is 0 Å². The van der Waals surface area contributed by atoms with Crippen LogP contribution in [-0.2, 0) is 4.79 Å². The molecule has 0 aliphatic carbocycles. The van der Waals surface area contributed by atoms with Gasteiger partial charge in [-0.15, -0.1) is 0 Å². The van der Waals surface area contributed by atoms with Crippen molar-refractivity contribution in [2.24, 2.45) is 0 Å². The Morgan fingerprint density at radius 2 is 1.64 bits per heavy atom. The molecule has 7 heteroatoms. The molecular formula is C29H20O7. The molecular weight excluding hydrogens is 460 g/mol. The number of esters is 1. The number of benzene rings is 3. The lowest BCUT2D eigenvalue weighted by Gasteiger charge is -2.30. The Morgan fingerprint density at radius 1 is 0.806 bits per heavy atom. The molecule has 0 radical (unpaired) electrons. The van der Waals surface area contributed by atoms with Gasteiger partial charge in [0.15, 0.2) is 17.3 Å². The largest absolute Gasteiger partial charge is 0.489 e. The number of rotatable bonds is 2. The predicted molar refractivity (Wildman–Crippen MR) is 130 cm³/mol. The molecule has 0 amide bonds. The average molecular weight is 480 g/mol. The molecule has 4 aliphatic rings. The Hall–Kier alpha value is -4.52. The van der Waals surface area contributed by atoms with Gasteiger partial charge in [0, 0.05) is 17.0 Å². The van der Waals surface area contributed by atoms with E-state index in [0.29, 0.717) is 53.9 Å². The number of carbonyl (C=O) groups is 2. The number of hydrogen-bond donors (Lipinski definition) is 0. The van der Waals surface area contributed by atoms with Crippen molar-refractivity contribution < 1.29 is 33.3 Å². The van der Waals surface area contributed by atoms with Gasteiger partial charge >= 0.3 is 5.97 Å². The lowest BCUT2D eigenvalue weighted by Crippen LogP contribution is -2.24. The smallest absolute Gasteiger partial charge is 0.312 e. The molecule has 0 spiro atoms. The molecule has 0 aromatic heterocycles. The number of allylic oxidation sites excluding steroid dienone is 1. The van der Waals surface area contributed by atoms with Gasteiger partial charge in [-0.3, -0.25) is 9.59 Å². The van der Waals surface area contributed by atoms with E-state index in [1.54, 1.807) is 18.2 Å². The molecule has 4 aliphatic heterocycles. The molecule has 0 N–H and O–H groups in total. The summed E-state index contributed by atoms with van der Waals surface area (Å²) in [5.41, 5.74) is 3.77. The Balaban J connectivity index is 1.28. The predicted octanol–water partition coefficient (Wildman–Crippen LogP) is 4.94. The van der Waals surface area contributed by atoms with E-state index in [9.17, 15) is 9.59 Å². The van der Waals surface area contributed by atoms with Crippen LogP contribution in [0.1, 0.15) is 39.4 Å². The molecule has 0 saturated carbocycles. The molecule has 3 aromatic rings. The van der Waals surface area contributed by atoms with Gasteiger partial charge in [0.05, 0.1) is 12.0 Å². The van der Waals surface area contributed by atoms with E-state index in [1.165, 1.54) is 0 Å². The van der Waals surface area contributed by atoms with Crippen LogP contribution in [0.4, 0.5) is 0 Å². The quantitative estimate of drug-likeness (QED) is 0.292. The molecule has 4 heterocycles. The van der Waals surface area contributed by atoms with Crippen LogP contribution in [0.3, 0.4) is 0 Å². The van der Waals surface area contributed by atoms with Gasteiger partial charge < -0.3 is 23.7 Å². The lowest BCUT2D eigenvalue weighted by molar-refractivity contribution is -0.135. The molecule has 178 valence electrons. The Bertz CT molecular complexity index is 1510. The van der Waals surface area contributed by atoms with Crippen LogP contribution >= 0.6 is 0 Å². The summed E-state index contributed by atoms with van der Waals surface area (Å²) in [5.74, 6) is 2.26. The molecule has 7 rings (SSSR count). The van der Waals surface area contributed by atoms with Gasteiger partial charge in [0.2, 0.25) is 5.78 Å². The van der Waals surface area contributed by atoms with E-state index in [1.807, 2.05) is 48.5 Å². The van der Waals surface area contributed by atoms with Crippen LogP contribution in [0.25, 0.3) is 12.2 Å². The molecule has 7 nitrogen and oxygen atoms in total. The maximum atomic E-state index is 13.3. The van der Waals surface area contributed by atoms with Gasteiger partial charge in [-0.05, 0) is 53.6 Å². The first kappa shape index (κ1) is 20.8. The Labute approximate surface area is 206 Å². The summed E-state index contributed by atoms with van der Waals surface area (Å²) in [6.07, 6.45) is 3.88. The lowest BCUT2D eigenvalue weighted by atomic mass is 9.83. The van der Waals surface area contributed by atoms with Gasteiger partial charge in [-0.1, -0.05) is 24.3 Å². The first-order chi connectivity index (χ1) is 17.6. The van der Waals surface area contributed by atoms with Crippen molar-refractivity contribution in [3.63, 3.8) is 0 Å². The third-order valence-electron chi connectivity index (χ3n) is 6.75. The number of para-hydroxylation sites is 1. The minimum Gasteiger partial charge on any atom is -0.489 e. The summed E-state index contributed by atoms with van der Waals surface area (Å²) in [6.45, 7) is 1.32. The van der Waals surface area contributed by atoms with Crippen molar-refractivity contribution in [2.75, 3.05) is 19.8 Å². The van der Waals surface area contributed by atoms with Gasteiger partial charge in [-0.2, -0.15) is 0 Å². The zero-order valence-electron chi connectivity index (χ0n) is 19.1. The highest BCUT2D eigenvalue weighted by Crippen LogP contribution is 2.50. The van der Waals surface area contributed by atoms with Gasteiger partial charge in [0.1, 0.15) is 37.1 Å². The highest BCUT2D eigenvalue weighted by molar-refractivity contribution is 6.15. The minimum absolute atomic E-state index is 0.138. The summed E-state index contributed by atoms with van der Waals surface area (Å²) in [7, 11) is 0. The number of ketones is 1. The highest BCUT2D eigenvalue weighted by Gasteiger charge is 2.39. The van der Waals surface area contributed by atoms with Crippen LogP contribution < -0.4 is 23.7 Å². The van der Waals surface area contributed by atoms with Crippen molar-refractivity contribution in [1.29, 1.82) is 0 Å². The molecule has 1 atom stereocenters. The zero-order valence-corrected chi connectivity index (χ0v) is 19.1. The fourth-order valence-corrected chi connectivity index (χ4v) is 5.06. The number of ether oxygens (including phenoxy) is 5. The van der Waals surface area contributed by atoms with E-state index >= 15 is 0 Å². The number of fused-ring (bicyclic) bond motifs is 5. The first-order valence-electron chi connectivity index (χ1n) is 11.8. The fraction of sp³-hybridized carbons (Fsp3) is 0.172. The topological polar surface area (TPSA) is 80.3 Å². The van der Waals surface area contributed by atoms with E-state index in [4.69, 9.17) is 23.7 Å². The van der Waals surface area contributed by atoms with Crippen molar-refractivity contribution >= 4 is 23.9 Å². The van der Waals surface area contributed by atoms with Gasteiger partial charge in [0.25, 0.3) is 0 Å². The summed E-state index contributed by atoms with van der Waals surface area (Å²) < 4.78 is 28.9. The molecule has 0 fully saturated rings. The van der Waals surface area contributed by atoms with Crippen LogP contribution in [0, 0.1) is 0 Å². The molecule has 0 saturated heterocycles. The molecule has 36 heavy (non-hydrogen) atoms. The van der Waals surface area contributed by atoms with Crippen LogP contribution in [0.5, 0.6) is 28.7 Å². The van der Waals surface area contributed by atoms with Crippen LogP contribution in [0.15, 0.2) is 65.9 Å². The fourth-order valence-electron chi connectivity index (χ4n) is 5.06. The number of hydrogen-bond acceptors (Lipinski definition) is 7. The Kier molecular flexibility index (Phi) is 4.64. The summed E-state index contributed by atoms with van der Waals surface area (Å²) >= 11 is 0. The van der Waals surface area contributed by atoms with Crippen molar-refractivity contribution in [3.8, 4) is 28.7 Å². The van der Waals surface area contributed by atoms with Crippen LogP contribution in [-0.4, -0.2) is 31.6 Å². The molecule has 3 aromatic carbocycles. The standard InChI is InChI=1S/C29H20O7/c30-26-14-20(18-13-17-3-1-2-4-21(17)34-15-18)27-23(35-26)8-6-19-28(31)25(36-29(19)27)12-16-5-7-22-24(11-16)33-10-9-32-22/h1-8,11-13,20H,9-10,14-15H2/b25-12-/t20-/m0/s1. The maximum Gasteiger partial charge on any atom is 0.312 e. The summed E-state index contributed by atoms with van der Waals surface area (Å²) in [4.78, 5) is 25.8. The second-order valence-electron chi connectivity index (χ2n) is 8.97. The van der Waals surface area contributed by atoms with E-state index in [0.717, 1.165) is 22.4 Å². The number of carbonyl (C=O) groups excluding carboxylic acids is 2. The van der Waals surface area contributed by atoms with Gasteiger partial charge in [-0.25, -0.2) is 0 Å². The van der Waals surface area contributed by atoms with E-state index in [2.05, 4.69) is 0 Å². The SMILES string of the molecule is O=C1C[C@@H](C2=Cc3ccccc3OC2)c2c(ccc3c2O/C(=C\c2ccc4c(c2)OCCO4)C3=O)O1. The van der Waals surface area contributed by atoms with Crippen LogP contribution in [0.2, 0.25) is 0 Å². The second kappa shape index (κ2) is 8.02. The van der Waals surface area contributed by atoms with Crippen molar-refractivity contribution in [3.05, 3.63) is 88.2 Å². The highest BCUT2D eigenvalue weighted by atomic mass is 16.6. The zero-order chi connectivity index (χ0) is 24.2. The first-order valence-corrected chi connectivity index (χ1v) is 11.8. The third-order valence-corrected chi connectivity index (χ3v) is 6.75. The molecule has 0 unspecified atom stereocenters.